The van der Waals surface area contributed by atoms with Crippen LogP contribution in [0.25, 0.3) is 22.6 Å². The Balaban J connectivity index is 2.08. The Labute approximate surface area is 163 Å². The van der Waals surface area contributed by atoms with Crippen molar-refractivity contribution in [2.45, 2.75) is 0 Å². The molecule has 0 aliphatic rings. The normalized spacial score (nSPS) is 10.7. The van der Waals surface area contributed by atoms with E-state index in [1.807, 2.05) is 48.5 Å². The van der Waals surface area contributed by atoms with Crippen LogP contribution < -0.4 is 14.4 Å². The Bertz CT molecular complexity index is 804. The molecule has 0 aliphatic heterocycles. The topological polar surface area (TPSA) is 88.2 Å². The van der Waals surface area contributed by atoms with E-state index in [0.717, 1.165) is 22.6 Å². The van der Waals surface area contributed by atoms with Gasteiger partial charge in [-0.25, -0.2) is 0 Å². The van der Waals surface area contributed by atoms with Crippen LogP contribution in [0.15, 0.2) is 52.9 Å². The summed E-state index contributed by atoms with van der Waals surface area (Å²) < 4.78 is 16.5. The van der Waals surface area contributed by atoms with Crippen molar-refractivity contribution in [3.05, 3.63) is 48.5 Å². The number of rotatable bonds is 9. The fourth-order valence-electron chi connectivity index (χ4n) is 2.87. The molecule has 0 unspecified atom stereocenters. The van der Waals surface area contributed by atoms with Gasteiger partial charge in [0.05, 0.1) is 27.4 Å². The first-order chi connectivity index (χ1) is 13.7. The second-order valence-corrected chi connectivity index (χ2v) is 6.07. The molecule has 0 saturated heterocycles. The lowest BCUT2D eigenvalue weighted by atomic mass is 10.1. The van der Waals surface area contributed by atoms with Crippen molar-refractivity contribution in [1.29, 1.82) is 0 Å². The molecule has 3 aromatic rings. The molecule has 2 aromatic carbocycles. The number of aromatic nitrogens is 1. The molecule has 0 atom stereocenters. The lowest BCUT2D eigenvalue weighted by molar-refractivity contribution is 0.276. The molecule has 0 bridgehead atoms. The summed E-state index contributed by atoms with van der Waals surface area (Å²) in [6, 6.07) is 15.4. The van der Waals surface area contributed by atoms with Gasteiger partial charge in [-0.2, -0.15) is 4.98 Å². The van der Waals surface area contributed by atoms with E-state index < -0.39 is 0 Å². The minimum atomic E-state index is -0.0713. The van der Waals surface area contributed by atoms with E-state index in [0.29, 0.717) is 30.6 Å². The van der Waals surface area contributed by atoms with E-state index in [2.05, 4.69) is 4.98 Å². The van der Waals surface area contributed by atoms with Gasteiger partial charge in [0.15, 0.2) is 5.76 Å². The van der Waals surface area contributed by atoms with E-state index in [-0.39, 0.29) is 13.2 Å². The van der Waals surface area contributed by atoms with Crippen LogP contribution in [0.2, 0.25) is 0 Å². The Kier molecular flexibility index (Phi) is 6.52. The second-order valence-electron chi connectivity index (χ2n) is 6.07. The minimum absolute atomic E-state index is 0.0713. The van der Waals surface area contributed by atoms with Gasteiger partial charge in [0.25, 0.3) is 6.01 Å². The first-order valence-electron chi connectivity index (χ1n) is 8.96. The van der Waals surface area contributed by atoms with Crippen LogP contribution in [0.4, 0.5) is 6.01 Å². The van der Waals surface area contributed by atoms with Crippen LogP contribution in [0, 0.1) is 0 Å². The number of ether oxygens (including phenoxy) is 2. The fourth-order valence-corrected chi connectivity index (χ4v) is 2.87. The van der Waals surface area contributed by atoms with Crippen LogP contribution in [0.3, 0.4) is 0 Å². The van der Waals surface area contributed by atoms with Crippen molar-refractivity contribution < 1.29 is 24.1 Å². The van der Waals surface area contributed by atoms with Gasteiger partial charge in [0.2, 0.25) is 0 Å². The van der Waals surface area contributed by atoms with Crippen LogP contribution >= 0.6 is 0 Å². The summed E-state index contributed by atoms with van der Waals surface area (Å²) in [5.74, 6) is 2.10. The van der Waals surface area contributed by atoms with Crippen molar-refractivity contribution in [2.75, 3.05) is 45.4 Å². The fraction of sp³-hybridized carbons (Fsp3) is 0.286. The van der Waals surface area contributed by atoms with Gasteiger partial charge in [-0.3, -0.25) is 0 Å². The van der Waals surface area contributed by atoms with Gasteiger partial charge >= 0.3 is 0 Å². The first kappa shape index (κ1) is 19.7. The molecule has 0 amide bonds. The second kappa shape index (κ2) is 9.25. The summed E-state index contributed by atoms with van der Waals surface area (Å²) in [6.07, 6.45) is 0. The number of aliphatic hydroxyl groups excluding tert-OH is 2. The summed E-state index contributed by atoms with van der Waals surface area (Å²) in [5, 5.41) is 18.7. The summed E-state index contributed by atoms with van der Waals surface area (Å²) in [7, 11) is 3.24. The predicted octanol–water partition coefficient (Wildman–Crippen LogP) is 2.82. The van der Waals surface area contributed by atoms with Crippen LogP contribution in [-0.2, 0) is 0 Å². The van der Waals surface area contributed by atoms with Crippen LogP contribution in [0.1, 0.15) is 0 Å². The SMILES string of the molecule is COc1ccc(-c2nc(N(CCO)CCO)oc2-c2ccc(OC)cc2)cc1. The minimum Gasteiger partial charge on any atom is -0.497 e. The summed E-state index contributed by atoms with van der Waals surface area (Å²) in [4.78, 5) is 6.37. The van der Waals surface area contributed by atoms with Gasteiger partial charge < -0.3 is 29.0 Å². The third kappa shape index (κ3) is 4.27. The molecular weight excluding hydrogens is 360 g/mol. The predicted molar refractivity (Wildman–Crippen MR) is 107 cm³/mol. The molecule has 148 valence electrons. The highest BCUT2D eigenvalue weighted by atomic mass is 16.5. The molecule has 28 heavy (non-hydrogen) atoms. The Morgan fingerprint density at radius 1 is 0.821 bits per heavy atom. The molecule has 7 nitrogen and oxygen atoms in total. The average Bonchev–Trinajstić information content (AvgIpc) is 3.19. The van der Waals surface area contributed by atoms with Crippen molar-refractivity contribution >= 4 is 6.01 Å². The maximum Gasteiger partial charge on any atom is 0.298 e. The van der Waals surface area contributed by atoms with Gasteiger partial charge in [-0.15, -0.1) is 0 Å². The Morgan fingerprint density at radius 2 is 1.32 bits per heavy atom. The van der Waals surface area contributed by atoms with E-state index in [1.165, 1.54) is 0 Å². The lowest BCUT2D eigenvalue weighted by Crippen LogP contribution is -2.29. The van der Waals surface area contributed by atoms with Crippen molar-refractivity contribution in [1.82, 2.24) is 4.98 Å². The van der Waals surface area contributed by atoms with E-state index in [4.69, 9.17) is 13.9 Å². The summed E-state index contributed by atoms with van der Waals surface area (Å²) >= 11 is 0. The highest BCUT2D eigenvalue weighted by molar-refractivity contribution is 5.78. The average molecular weight is 384 g/mol. The molecule has 0 spiro atoms. The first-order valence-corrected chi connectivity index (χ1v) is 8.96. The highest BCUT2D eigenvalue weighted by Crippen LogP contribution is 2.36. The number of oxazole rings is 1. The number of hydrogen-bond acceptors (Lipinski definition) is 7. The number of aliphatic hydroxyl groups is 2. The molecule has 0 saturated carbocycles. The quantitative estimate of drug-likeness (QED) is 0.586. The maximum atomic E-state index is 9.33. The standard InChI is InChI=1S/C21H24N2O5/c1-26-17-7-3-15(4-8-17)19-20(16-5-9-18(27-2)10-6-16)28-21(22-19)23(11-13-24)12-14-25/h3-10,24-25H,11-14H2,1-2H3. The smallest absolute Gasteiger partial charge is 0.298 e. The number of anilines is 1. The van der Waals surface area contributed by atoms with Gasteiger partial charge in [0, 0.05) is 24.2 Å². The van der Waals surface area contributed by atoms with E-state index in [9.17, 15) is 10.2 Å². The van der Waals surface area contributed by atoms with Crippen LogP contribution in [0.5, 0.6) is 11.5 Å². The zero-order chi connectivity index (χ0) is 19.9. The molecule has 0 fully saturated rings. The monoisotopic (exact) mass is 384 g/mol. The van der Waals surface area contributed by atoms with E-state index in [1.54, 1.807) is 19.1 Å². The summed E-state index contributed by atoms with van der Waals surface area (Å²) in [6.45, 7) is 0.479. The van der Waals surface area contributed by atoms with Crippen molar-refractivity contribution in [3.63, 3.8) is 0 Å². The molecule has 1 aromatic heterocycles. The summed E-state index contributed by atoms with van der Waals surface area (Å²) in [5.41, 5.74) is 2.39. The molecule has 3 rings (SSSR count). The molecule has 7 heteroatoms. The highest BCUT2D eigenvalue weighted by Gasteiger charge is 2.20. The van der Waals surface area contributed by atoms with Crippen molar-refractivity contribution in [3.8, 4) is 34.1 Å². The van der Waals surface area contributed by atoms with Gasteiger partial charge in [0.1, 0.15) is 17.2 Å². The molecule has 1 heterocycles. The van der Waals surface area contributed by atoms with Crippen molar-refractivity contribution in [2.24, 2.45) is 0 Å². The molecule has 0 aliphatic carbocycles. The third-order valence-corrected chi connectivity index (χ3v) is 4.34. The number of hydrogen-bond donors (Lipinski definition) is 2. The number of nitrogens with zero attached hydrogens (tertiary/aromatic N) is 2. The largest absolute Gasteiger partial charge is 0.497 e. The molecule has 0 radical (unpaired) electrons. The Morgan fingerprint density at radius 3 is 1.79 bits per heavy atom. The van der Waals surface area contributed by atoms with E-state index >= 15 is 0 Å². The zero-order valence-electron chi connectivity index (χ0n) is 16.0. The molecule has 2 N–H and O–H groups in total. The number of benzene rings is 2. The van der Waals surface area contributed by atoms with Gasteiger partial charge in [-0.05, 0) is 48.5 Å². The lowest BCUT2D eigenvalue weighted by Gasteiger charge is -2.17. The maximum absolute atomic E-state index is 9.33. The van der Waals surface area contributed by atoms with Crippen LogP contribution in [-0.4, -0.2) is 55.7 Å². The third-order valence-electron chi connectivity index (χ3n) is 4.34. The molecular formula is C21H24N2O5. The Hall–Kier alpha value is -3.03. The number of methoxy groups -OCH3 is 2. The zero-order valence-corrected chi connectivity index (χ0v) is 16.0. The van der Waals surface area contributed by atoms with Gasteiger partial charge in [-0.1, -0.05) is 0 Å².